The van der Waals surface area contributed by atoms with Crippen LogP contribution in [0.25, 0.3) is 0 Å². The van der Waals surface area contributed by atoms with Gasteiger partial charge in [0.25, 0.3) is 5.69 Å². The lowest BCUT2D eigenvalue weighted by Crippen LogP contribution is -2.36. The first-order chi connectivity index (χ1) is 11.4. The van der Waals surface area contributed by atoms with Gasteiger partial charge in [-0.3, -0.25) is 14.9 Å². The van der Waals surface area contributed by atoms with Crippen LogP contribution in [0.1, 0.15) is 56.7 Å². The monoisotopic (exact) mass is 334 g/mol. The first kappa shape index (κ1) is 18.4. The summed E-state index contributed by atoms with van der Waals surface area (Å²) in [5.74, 6) is -0.0723. The molecule has 24 heavy (non-hydrogen) atoms. The van der Waals surface area contributed by atoms with Gasteiger partial charge in [0.15, 0.2) is 0 Å². The van der Waals surface area contributed by atoms with Crippen molar-refractivity contribution in [2.24, 2.45) is 5.92 Å². The summed E-state index contributed by atoms with van der Waals surface area (Å²) in [5, 5.41) is 14.6. The molecule has 0 radical (unpaired) electrons. The molecule has 0 amide bonds. The topological polar surface area (TPSA) is 81.5 Å². The standard InChI is InChI=1S/C18H26N2O4/c1-4-24-18(21)14-7-9-16(10-8-14)19-13(3)15-6-5-12(2)17(11-15)20(22)23/h5-6,11,13-14,16,19H,4,7-10H2,1-3H3. The van der Waals surface area contributed by atoms with Crippen LogP contribution in [-0.4, -0.2) is 23.5 Å². The molecule has 1 atom stereocenters. The highest BCUT2D eigenvalue weighted by molar-refractivity contribution is 5.72. The highest BCUT2D eigenvalue weighted by Crippen LogP contribution is 2.28. The molecule has 1 N–H and O–H groups in total. The number of nitrogens with one attached hydrogen (secondary N) is 1. The zero-order valence-electron chi connectivity index (χ0n) is 14.6. The maximum absolute atomic E-state index is 11.8. The predicted octanol–water partition coefficient (Wildman–Crippen LogP) is 3.68. The first-order valence-corrected chi connectivity index (χ1v) is 8.60. The van der Waals surface area contributed by atoms with Crippen LogP contribution < -0.4 is 5.32 Å². The fourth-order valence-electron chi connectivity index (χ4n) is 3.30. The normalized spacial score (nSPS) is 22.0. The Bertz CT molecular complexity index is 595. The van der Waals surface area contributed by atoms with Gasteiger partial charge >= 0.3 is 5.97 Å². The minimum Gasteiger partial charge on any atom is -0.466 e. The fraction of sp³-hybridized carbons (Fsp3) is 0.611. The first-order valence-electron chi connectivity index (χ1n) is 8.60. The van der Waals surface area contributed by atoms with Crippen molar-refractivity contribution in [1.29, 1.82) is 0 Å². The molecule has 6 heteroatoms. The summed E-state index contributed by atoms with van der Waals surface area (Å²) in [4.78, 5) is 22.5. The minimum absolute atomic E-state index is 0.0127. The summed E-state index contributed by atoms with van der Waals surface area (Å²) in [6, 6.07) is 5.74. The number of hydrogen-bond acceptors (Lipinski definition) is 5. The Hall–Kier alpha value is -1.95. The Kier molecular flexibility index (Phi) is 6.31. The van der Waals surface area contributed by atoms with Crippen molar-refractivity contribution < 1.29 is 14.5 Å². The number of carbonyl (C=O) groups is 1. The molecular weight excluding hydrogens is 308 g/mol. The van der Waals surface area contributed by atoms with Crippen LogP contribution in [0.4, 0.5) is 5.69 Å². The summed E-state index contributed by atoms with van der Waals surface area (Å²) in [7, 11) is 0. The number of benzene rings is 1. The lowest BCUT2D eigenvalue weighted by Gasteiger charge is -2.30. The van der Waals surface area contributed by atoms with Crippen LogP contribution in [0.15, 0.2) is 18.2 Å². The number of nitrogens with zero attached hydrogens (tertiary/aromatic N) is 1. The van der Waals surface area contributed by atoms with Crippen LogP contribution in [0.5, 0.6) is 0 Å². The number of ether oxygens (including phenoxy) is 1. The molecule has 0 saturated heterocycles. The molecule has 0 aliphatic heterocycles. The van der Waals surface area contributed by atoms with E-state index in [-0.39, 0.29) is 28.5 Å². The summed E-state index contributed by atoms with van der Waals surface area (Å²) >= 11 is 0. The van der Waals surface area contributed by atoms with Crippen molar-refractivity contribution in [1.82, 2.24) is 5.32 Å². The number of hydrogen-bond donors (Lipinski definition) is 1. The van der Waals surface area contributed by atoms with E-state index in [2.05, 4.69) is 5.32 Å². The van der Waals surface area contributed by atoms with Gasteiger partial charge in [0.05, 0.1) is 17.4 Å². The van der Waals surface area contributed by atoms with Gasteiger partial charge in [-0.25, -0.2) is 0 Å². The number of rotatable bonds is 6. The quantitative estimate of drug-likeness (QED) is 0.487. The Morgan fingerprint density at radius 3 is 2.62 bits per heavy atom. The summed E-state index contributed by atoms with van der Waals surface area (Å²) < 4.78 is 5.09. The molecule has 0 aromatic heterocycles. The van der Waals surface area contributed by atoms with E-state index in [4.69, 9.17) is 4.74 Å². The molecule has 1 aliphatic carbocycles. The second-order valence-electron chi connectivity index (χ2n) is 6.49. The highest BCUT2D eigenvalue weighted by Gasteiger charge is 2.28. The highest BCUT2D eigenvalue weighted by atomic mass is 16.6. The lowest BCUT2D eigenvalue weighted by molar-refractivity contribution is -0.385. The molecule has 1 aromatic carbocycles. The maximum Gasteiger partial charge on any atom is 0.308 e. The van der Waals surface area contributed by atoms with Crippen molar-refractivity contribution in [3.8, 4) is 0 Å². The second kappa shape index (κ2) is 8.24. The number of esters is 1. The average molecular weight is 334 g/mol. The average Bonchev–Trinajstić information content (AvgIpc) is 2.55. The van der Waals surface area contributed by atoms with Crippen molar-refractivity contribution in [3.63, 3.8) is 0 Å². The molecular formula is C18H26N2O4. The molecule has 0 bridgehead atoms. The summed E-state index contributed by atoms with van der Waals surface area (Å²) in [5.41, 5.74) is 1.75. The molecule has 1 aromatic rings. The largest absolute Gasteiger partial charge is 0.466 e. The third-order valence-corrected chi connectivity index (χ3v) is 4.76. The zero-order valence-corrected chi connectivity index (χ0v) is 14.6. The summed E-state index contributed by atoms with van der Waals surface area (Å²) in [6.07, 6.45) is 3.50. The fourth-order valence-corrected chi connectivity index (χ4v) is 3.30. The van der Waals surface area contributed by atoms with Crippen molar-refractivity contribution in [2.75, 3.05) is 6.61 Å². The van der Waals surface area contributed by atoms with Gasteiger partial charge in [-0.2, -0.15) is 0 Å². The Balaban J connectivity index is 1.92. The van der Waals surface area contributed by atoms with E-state index in [1.54, 1.807) is 19.1 Å². The lowest BCUT2D eigenvalue weighted by atomic mass is 9.85. The maximum atomic E-state index is 11.8. The van der Waals surface area contributed by atoms with Gasteiger partial charge < -0.3 is 10.1 Å². The third kappa shape index (κ3) is 4.54. The van der Waals surface area contributed by atoms with Crippen LogP contribution >= 0.6 is 0 Å². The van der Waals surface area contributed by atoms with Gasteiger partial charge in [0.2, 0.25) is 0 Å². The van der Waals surface area contributed by atoms with Crippen molar-refractivity contribution in [3.05, 3.63) is 39.4 Å². The zero-order chi connectivity index (χ0) is 17.7. The van der Waals surface area contributed by atoms with Crippen LogP contribution in [0.3, 0.4) is 0 Å². The van der Waals surface area contributed by atoms with Crippen molar-refractivity contribution >= 4 is 11.7 Å². The SMILES string of the molecule is CCOC(=O)C1CCC(NC(C)c2ccc(C)c([N+](=O)[O-])c2)CC1. The molecule has 0 spiro atoms. The van der Waals surface area contributed by atoms with E-state index in [1.165, 1.54) is 0 Å². The van der Waals surface area contributed by atoms with Gasteiger partial charge in [0, 0.05) is 23.7 Å². The van der Waals surface area contributed by atoms with E-state index in [0.29, 0.717) is 18.2 Å². The number of aryl methyl sites for hydroxylation is 1. The van der Waals surface area contributed by atoms with Crippen LogP contribution in [-0.2, 0) is 9.53 Å². The molecule has 132 valence electrons. The minimum atomic E-state index is -0.337. The predicted molar refractivity (Wildman–Crippen MR) is 91.8 cm³/mol. The van der Waals surface area contributed by atoms with E-state index < -0.39 is 0 Å². The van der Waals surface area contributed by atoms with E-state index in [9.17, 15) is 14.9 Å². The van der Waals surface area contributed by atoms with Crippen LogP contribution in [0, 0.1) is 23.0 Å². The Morgan fingerprint density at radius 1 is 1.38 bits per heavy atom. The molecule has 6 nitrogen and oxygen atoms in total. The third-order valence-electron chi connectivity index (χ3n) is 4.76. The molecule has 1 saturated carbocycles. The Labute approximate surface area is 142 Å². The van der Waals surface area contributed by atoms with Crippen LogP contribution in [0.2, 0.25) is 0 Å². The number of nitro benzene ring substituents is 1. The molecule has 0 heterocycles. The van der Waals surface area contributed by atoms with Gasteiger partial charge in [-0.1, -0.05) is 12.1 Å². The van der Waals surface area contributed by atoms with Gasteiger partial charge in [-0.15, -0.1) is 0 Å². The van der Waals surface area contributed by atoms with Gasteiger partial charge in [-0.05, 0) is 52.0 Å². The van der Waals surface area contributed by atoms with Gasteiger partial charge in [0.1, 0.15) is 0 Å². The second-order valence-corrected chi connectivity index (χ2v) is 6.49. The number of nitro groups is 1. The number of carbonyl (C=O) groups excluding carboxylic acids is 1. The Morgan fingerprint density at radius 2 is 2.04 bits per heavy atom. The smallest absolute Gasteiger partial charge is 0.308 e. The summed E-state index contributed by atoms with van der Waals surface area (Å²) in [6.45, 7) is 6.02. The van der Waals surface area contributed by atoms with E-state index in [1.807, 2.05) is 19.9 Å². The molecule has 2 rings (SSSR count). The van der Waals surface area contributed by atoms with E-state index >= 15 is 0 Å². The van der Waals surface area contributed by atoms with Crippen molar-refractivity contribution in [2.45, 2.75) is 58.5 Å². The van der Waals surface area contributed by atoms with E-state index in [0.717, 1.165) is 31.2 Å². The molecule has 1 fully saturated rings. The molecule has 1 unspecified atom stereocenters. The molecule has 1 aliphatic rings.